The second kappa shape index (κ2) is 19.9. The molecule has 3 saturated heterocycles. The Hall–Kier alpha value is -4.87. The number of nitrogens with one attached hydrogen (secondary N) is 1. The average molecular weight is 966 g/mol. The Morgan fingerprint density at radius 3 is 2.28 bits per heavy atom. The molecule has 3 aliphatic heterocycles. The smallest absolute Gasteiger partial charge is 0.472 e. The minimum atomic E-state index is -5.24. The molecule has 0 amide bonds. The second-order valence-electron chi connectivity index (χ2n) is 15.0. The van der Waals surface area contributed by atoms with Crippen LogP contribution in [0.3, 0.4) is 0 Å². The number of hydrogen-bond donors (Lipinski definition) is 3. The van der Waals surface area contributed by atoms with Gasteiger partial charge in [0.05, 0.1) is 31.7 Å². The number of phosphoric ester groups is 1. The Morgan fingerprint density at radius 1 is 0.892 bits per heavy atom. The summed E-state index contributed by atoms with van der Waals surface area (Å²) in [7, 11) is -5.24. The van der Waals surface area contributed by atoms with Crippen molar-refractivity contribution < 1.29 is 64.6 Å². The number of halogens is 2. The lowest BCUT2D eigenvalue weighted by Crippen LogP contribution is -2.38. The number of imidazole rings is 1. The Bertz CT molecular complexity index is 2700. The molecule has 65 heavy (non-hydrogen) atoms. The first-order chi connectivity index (χ1) is 31.2. The summed E-state index contributed by atoms with van der Waals surface area (Å²) in [4.78, 5) is 62.2. The zero-order chi connectivity index (χ0) is 45.9. The minimum absolute atomic E-state index is 0.0149. The summed E-state index contributed by atoms with van der Waals surface area (Å²) in [6.07, 6.45) is -7.52. The van der Waals surface area contributed by atoms with Crippen LogP contribution in [-0.4, -0.2) is 96.5 Å². The molecule has 2 aromatic carbocycles. The van der Waals surface area contributed by atoms with Gasteiger partial charge in [-0.3, -0.25) is 37.0 Å². The van der Waals surface area contributed by atoms with Crippen LogP contribution in [0, 0.1) is 0 Å². The maximum absolute atomic E-state index is 16.5. The van der Waals surface area contributed by atoms with Gasteiger partial charge in [0.1, 0.15) is 47.8 Å². The summed E-state index contributed by atoms with van der Waals surface area (Å²) in [5.74, 6) is 0.0732. The normalized spacial score (nSPS) is 29.4. The van der Waals surface area contributed by atoms with Gasteiger partial charge in [-0.25, -0.2) is 42.5 Å². The molecule has 21 nitrogen and oxygen atoms in total. The lowest BCUT2D eigenvalue weighted by atomic mass is 10.1. The fourth-order valence-electron chi connectivity index (χ4n) is 7.18. The molecule has 0 aliphatic carbocycles. The molecular weight excluding hydrogens is 922 g/mol. The van der Waals surface area contributed by atoms with Crippen LogP contribution in [0.2, 0.25) is 0 Å². The molecule has 5 aromatic rings. The first-order valence-electron chi connectivity index (χ1n) is 20.3. The Balaban J connectivity index is 1.01. The Labute approximate surface area is 371 Å². The van der Waals surface area contributed by atoms with Crippen LogP contribution in [0.25, 0.3) is 11.2 Å². The zero-order valence-electron chi connectivity index (χ0n) is 34.3. The predicted octanol–water partition coefficient (Wildman–Crippen LogP) is 5.57. The van der Waals surface area contributed by atoms with Crippen molar-refractivity contribution in [3.8, 4) is 11.5 Å². The third-order valence-corrected chi connectivity index (χ3v) is 15.1. The number of carbonyl (C=O) groups excluding carboxylic acids is 1. The highest BCUT2D eigenvalue weighted by Gasteiger charge is 2.55. The number of alkyl halides is 2. The highest BCUT2D eigenvalue weighted by atomic mass is 32.7. The van der Waals surface area contributed by atoms with E-state index in [-0.39, 0.29) is 28.5 Å². The fraction of sp³-hybridized carbons (Fsp3) is 0.436. The van der Waals surface area contributed by atoms with Gasteiger partial charge < -0.3 is 29.6 Å². The largest absolute Gasteiger partial charge is 0.494 e. The quantitative estimate of drug-likeness (QED) is 0.0563. The second-order valence-corrected chi connectivity index (χ2v) is 20.4. The van der Waals surface area contributed by atoms with E-state index in [2.05, 4.69) is 21.9 Å². The monoisotopic (exact) mass is 965 g/mol. The van der Waals surface area contributed by atoms with Crippen LogP contribution in [0.15, 0.2) is 83.0 Å². The number of phosphoric acid groups is 1. The molecule has 4 N–H and O–H groups in total. The molecule has 8 rings (SSSR count). The van der Waals surface area contributed by atoms with Crippen LogP contribution in [0.4, 0.5) is 14.6 Å². The number of aromatic amines is 1. The van der Waals surface area contributed by atoms with Crippen LogP contribution in [0.5, 0.6) is 11.5 Å². The molecule has 10 atom stereocenters. The number of carbonyl (C=O) groups is 1. The number of rotatable bonds is 13. The molecule has 0 bridgehead atoms. The molecule has 3 aromatic heterocycles. The number of esters is 1. The maximum atomic E-state index is 16.5. The van der Waals surface area contributed by atoms with E-state index in [1.807, 2.05) is 4.98 Å². The van der Waals surface area contributed by atoms with Crippen molar-refractivity contribution in [3.05, 3.63) is 105 Å². The molecule has 3 aliphatic rings. The van der Waals surface area contributed by atoms with E-state index >= 15 is 8.78 Å². The number of benzene rings is 2. The van der Waals surface area contributed by atoms with Gasteiger partial charge in [-0.15, -0.1) is 0 Å². The van der Waals surface area contributed by atoms with Gasteiger partial charge in [-0.05, 0) is 59.8 Å². The molecule has 6 heterocycles. The number of nitrogens with zero attached hydrogens (tertiary/aromatic N) is 5. The third kappa shape index (κ3) is 10.7. The predicted molar refractivity (Wildman–Crippen MR) is 227 cm³/mol. The van der Waals surface area contributed by atoms with Gasteiger partial charge in [0.25, 0.3) is 5.56 Å². The molecule has 0 saturated carbocycles. The van der Waals surface area contributed by atoms with E-state index in [0.717, 1.165) is 48.8 Å². The number of unbranched alkanes of at least 4 members (excludes halogenated alkanes) is 3. The van der Waals surface area contributed by atoms with Gasteiger partial charge in [0.2, 0.25) is 0 Å². The number of H-pyrrole nitrogens is 1. The van der Waals surface area contributed by atoms with Gasteiger partial charge in [-0.1, -0.05) is 38.3 Å². The van der Waals surface area contributed by atoms with E-state index < -0.39 is 94.3 Å². The van der Waals surface area contributed by atoms with Crippen molar-refractivity contribution in [1.29, 1.82) is 0 Å². The van der Waals surface area contributed by atoms with Crippen LogP contribution in [0.1, 0.15) is 61.0 Å². The summed E-state index contributed by atoms with van der Waals surface area (Å²) < 4.78 is 108. The van der Waals surface area contributed by atoms with Gasteiger partial charge in [0, 0.05) is 18.0 Å². The number of hydrogen-bond acceptors (Lipinski definition) is 18. The van der Waals surface area contributed by atoms with Crippen molar-refractivity contribution in [2.24, 2.45) is 0 Å². The number of fused-ring (bicyclic) bond motifs is 3. The molecule has 3 fully saturated rings. The summed E-state index contributed by atoms with van der Waals surface area (Å²) >= 11 is 0.593. The van der Waals surface area contributed by atoms with E-state index in [0.29, 0.717) is 39.4 Å². The van der Waals surface area contributed by atoms with Gasteiger partial charge >= 0.3 is 26.3 Å². The molecule has 348 valence electrons. The highest BCUT2D eigenvalue weighted by Crippen LogP contribution is 2.65. The first kappa shape index (κ1) is 46.7. The Morgan fingerprint density at radius 2 is 1.57 bits per heavy atom. The topological polar surface area (TPSA) is 270 Å². The number of ether oxygens (including phenoxy) is 4. The summed E-state index contributed by atoms with van der Waals surface area (Å²) in [5.41, 5.74) is 5.03. The highest BCUT2D eigenvalue weighted by molar-refractivity contribution is 8.54. The SMILES string of the molecule is CCCCCCOc1ccc(C(=O)Oc2ccc(CSP3(=O)OCC4O[C@@H](n5cnc6c(N)ncnc65)[C@H](F)[C@@H]4OP(=O)(O)OC[C@H]4O[C@@H](n5ccc(=O)[nH]c5=O)[C@H](F)[C@@H]4O3)cc2)cc1. The van der Waals surface area contributed by atoms with Crippen LogP contribution >= 0.6 is 26.0 Å². The summed E-state index contributed by atoms with van der Waals surface area (Å²) in [5, 5.41) is 0. The van der Waals surface area contributed by atoms with Crippen LogP contribution in [-0.2, 0) is 42.5 Å². The third-order valence-electron chi connectivity index (χ3n) is 10.5. The fourth-order valence-corrected chi connectivity index (χ4v) is 11.5. The summed E-state index contributed by atoms with van der Waals surface area (Å²) in [6, 6.07) is 13.7. The number of anilines is 1. The first-order valence-corrected chi connectivity index (χ1v) is 24.9. The van der Waals surface area contributed by atoms with Gasteiger partial charge in [-0.2, -0.15) is 0 Å². The van der Waals surface area contributed by atoms with E-state index in [1.54, 1.807) is 36.4 Å². The molecule has 3 unspecified atom stereocenters. The number of aromatic nitrogens is 6. The number of nitrogen functional groups attached to an aromatic ring is 1. The molecule has 0 radical (unpaired) electrons. The lowest BCUT2D eigenvalue weighted by molar-refractivity contribution is -0.0619. The zero-order valence-corrected chi connectivity index (χ0v) is 36.9. The molecular formula is C39H43F2N7O14P2S. The van der Waals surface area contributed by atoms with Crippen molar-refractivity contribution in [2.75, 3.05) is 25.6 Å². The van der Waals surface area contributed by atoms with Gasteiger partial charge in [0.15, 0.2) is 36.3 Å². The van der Waals surface area contributed by atoms with Crippen molar-refractivity contribution in [3.63, 3.8) is 0 Å². The summed E-state index contributed by atoms with van der Waals surface area (Å²) in [6.45, 7) is -3.71. The molecule has 0 spiro atoms. The minimum Gasteiger partial charge on any atom is -0.494 e. The van der Waals surface area contributed by atoms with Crippen LogP contribution < -0.4 is 26.5 Å². The number of nitrogens with two attached hydrogens (primary N) is 1. The van der Waals surface area contributed by atoms with Crippen molar-refractivity contribution in [2.45, 2.75) is 87.6 Å². The Kier molecular flexibility index (Phi) is 14.3. The van der Waals surface area contributed by atoms with E-state index in [4.69, 9.17) is 42.8 Å². The standard InChI is InChI=1S/C39H43F2N7O14P2S/c1-2-3-4-5-16-55-24-12-8-23(9-13-24)38(50)58-25-10-6-22(7-11-25)19-65-64(54)57-18-27-32(29(40)37(60-27)48-21-45-31-34(42)43-20-44-35(31)48)61-63(52,53)56-17-26-33(62-64)30(41)36(59-26)47-15-14-28(49)46-39(47)51/h6-15,20-21,26-27,29-30,32-33,36-37H,2-5,16-19H2,1H3,(H,52,53)(H2,42,43,44)(H,46,49,51)/t26-,27?,29-,30-,32-,33-,36-,37-,64?/m1/s1. The maximum Gasteiger partial charge on any atom is 0.472 e. The lowest BCUT2D eigenvalue weighted by Gasteiger charge is -2.29. The molecule has 26 heteroatoms. The van der Waals surface area contributed by atoms with E-state index in [9.17, 15) is 28.4 Å². The van der Waals surface area contributed by atoms with E-state index in [1.165, 1.54) is 18.5 Å². The average Bonchev–Trinajstić information content (AvgIpc) is 3.94. The van der Waals surface area contributed by atoms with Crippen molar-refractivity contribution >= 4 is 49.0 Å². The van der Waals surface area contributed by atoms with Crippen molar-refractivity contribution in [1.82, 2.24) is 29.1 Å².